The molecule has 1 aromatic carbocycles. The van der Waals surface area contributed by atoms with E-state index in [0.717, 1.165) is 17.9 Å². The predicted molar refractivity (Wildman–Crippen MR) is 86.1 cm³/mol. The lowest BCUT2D eigenvalue weighted by Crippen LogP contribution is -2.28. The third-order valence-electron chi connectivity index (χ3n) is 3.41. The van der Waals surface area contributed by atoms with Crippen LogP contribution in [-0.4, -0.2) is 35.3 Å². The molecule has 0 bridgehead atoms. The average molecular weight is 321 g/mol. The third kappa shape index (κ3) is 4.34. The van der Waals surface area contributed by atoms with E-state index in [0.29, 0.717) is 11.3 Å². The number of Topliss-reactive ketones (excluding diaryl/α,β-unsaturated/α-hetero) is 1. The number of benzene rings is 1. The molecule has 2 atom stereocenters. The van der Waals surface area contributed by atoms with Crippen molar-refractivity contribution in [2.45, 2.75) is 26.4 Å². The minimum atomic E-state index is -0.801. The number of ether oxygens (including phenoxy) is 1. The first-order chi connectivity index (χ1) is 10.5. The second-order valence-corrected chi connectivity index (χ2v) is 6.41. The van der Waals surface area contributed by atoms with Gasteiger partial charge >= 0.3 is 5.97 Å². The largest absolute Gasteiger partial charge is 0.454 e. The fourth-order valence-electron chi connectivity index (χ4n) is 2.20. The van der Waals surface area contributed by atoms with Gasteiger partial charge in [0.05, 0.1) is 5.92 Å². The number of thioether (sulfide) groups is 1. The Bertz CT molecular complexity index is 564. The Hall–Kier alpha value is -1.82. The zero-order valence-electron chi connectivity index (χ0n) is 12.6. The van der Waals surface area contributed by atoms with Crippen molar-refractivity contribution >= 4 is 35.1 Å². The van der Waals surface area contributed by atoms with Gasteiger partial charge < -0.3 is 10.1 Å². The van der Waals surface area contributed by atoms with Gasteiger partial charge in [0.25, 0.3) is 0 Å². The number of ketones is 1. The zero-order chi connectivity index (χ0) is 16.1. The summed E-state index contributed by atoms with van der Waals surface area (Å²) in [4.78, 5) is 35.1. The lowest BCUT2D eigenvalue weighted by Gasteiger charge is -2.15. The van der Waals surface area contributed by atoms with Crippen molar-refractivity contribution in [3.05, 3.63) is 29.8 Å². The first-order valence-electron chi connectivity index (χ1n) is 7.17. The van der Waals surface area contributed by atoms with Crippen molar-refractivity contribution in [3.63, 3.8) is 0 Å². The molecule has 2 rings (SSSR count). The molecule has 1 aliphatic heterocycles. The molecule has 118 valence electrons. The monoisotopic (exact) mass is 321 g/mol. The molecular formula is C16H19NO4S. The van der Waals surface area contributed by atoms with E-state index in [1.54, 1.807) is 43.0 Å². The molecule has 1 heterocycles. The van der Waals surface area contributed by atoms with Crippen molar-refractivity contribution in [3.8, 4) is 0 Å². The molecule has 1 amide bonds. The highest BCUT2D eigenvalue weighted by atomic mass is 32.2. The molecule has 1 N–H and O–H groups in total. The number of carbonyl (C=O) groups excluding carboxylic acids is 3. The van der Waals surface area contributed by atoms with Crippen molar-refractivity contribution in [1.29, 1.82) is 0 Å². The van der Waals surface area contributed by atoms with Crippen LogP contribution in [0.4, 0.5) is 5.69 Å². The van der Waals surface area contributed by atoms with Gasteiger partial charge in [-0.1, -0.05) is 0 Å². The van der Waals surface area contributed by atoms with Crippen LogP contribution in [0.3, 0.4) is 0 Å². The SMILES string of the molecule is CC(=O)Nc1ccc(C(=O)[C@H](C)OC(=O)[C@@H]2CCSC2)cc1. The topological polar surface area (TPSA) is 72.5 Å². The van der Waals surface area contributed by atoms with E-state index < -0.39 is 6.10 Å². The van der Waals surface area contributed by atoms with Crippen LogP contribution in [0.5, 0.6) is 0 Å². The van der Waals surface area contributed by atoms with Gasteiger partial charge in [0.1, 0.15) is 0 Å². The summed E-state index contributed by atoms with van der Waals surface area (Å²) >= 11 is 1.73. The number of carbonyl (C=O) groups is 3. The van der Waals surface area contributed by atoms with Gasteiger partial charge in [-0.05, 0) is 43.4 Å². The molecule has 0 unspecified atom stereocenters. The van der Waals surface area contributed by atoms with E-state index in [-0.39, 0.29) is 23.6 Å². The quantitative estimate of drug-likeness (QED) is 0.666. The molecule has 0 radical (unpaired) electrons. The second kappa shape index (κ2) is 7.45. The summed E-state index contributed by atoms with van der Waals surface area (Å²) in [6.07, 6.45) is 0.0141. The van der Waals surface area contributed by atoms with Gasteiger partial charge in [-0.2, -0.15) is 11.8 Å². The molecule has 1 aromatic rings. The molecule has 0 aliphatic carbocycles. The molecule has 1 aliphatic rings. The fourth-order valence-corrected chi connectivity index (χ4v) is 3.41. The lowest BCUT2D eigenvalue weighted by atomic mass is 10.1. The van der Waals surface area contributed by atoms with E-state index >= 15 is 0 Å². The van der Waals surface area contributed by atoms with Crippen LogP contribution in [-0.2, 0) is 14.3 Å². The molecule has 5 nitrogen and oxygen atoms in total. The van der Waals surface area contributed by atoms with Crippen molar-refractivity contribution < 1.29 is 19.1 Å². The van der Waals surface area contributed by atoms with Crippen LogP contribution >= 0.6 is 11.8 Å². The van der Waals surface area contributed by atoms with E-state index in [9.17, 15) is 14.4 Å². The van der Waals surface area contributed by atoms with Gasteiger partial charge in [0.15, 0.2) is 6.10 Å². The summed E-state index contributed by atoms with van der Waals surface area (Å²) in [7, 11) is 0. The molecule has 0 aromatic heterocycles. The summed E-state index contributed by atoms with van der Waals surface area (Å²) < 4.78 is 5.27. The lowest BCUT2D eigenvalue weighted by molar-refractivity contribution is -0.150. The Morgan fingerprint density at radius 3 is 2.50 bits per heavy atom. The van der Waals surface area contributed by atoms with Crippen LogP contribution < -0.4 is 5.32 Å². The predicted octanol–water partition coefficient (Wildman–Crippen LogP) is 2.51. The molecule has 0 spiro atoms. The number of anilines is 1. The van der Waals surface area contributed by atoms with E-state index in [4.69, 9.17) is 4.74 Å². The van der Waals surface area contributed by atoms with E-state index in [1.807, 2.05) is 0 Å². The summed E-state index contributed by atoms with van der Waals surface area (Å²) in [5, 5.41) is 2.63. The summed E-state index contributed by atoms with van der Waals surface area (Å²) in [5.41, 5.74) is 1.08. The van der Waals surface area contributed by atoms with E-state index in [2.05, 4.69) is 5.32 Å². The Morgan fingerprint density at radius 1 is 1.27 bits per heavy atom. The second-order valence-electron chi connectivity index (χ2n) is 5.26. The van der Waals surface area contributed by atoms with Crippen LogP contribution in [0.2, 0.25) is 0 Å². The number of hydrogen-bond donors (Lipinski definition) is 1. The first-order valence-corrected chi connectivity index (χ1v) is 8.33. The number of rotatable bonds is 5. The maximum Gasteiger partial charge on any atom is 0.310 e. The van der Waals surface area contributed by atoms with Crippen LogP contribution in [0.1, 0.15) is 30.6 Å². The van der Waals surface area contributed by atoms with Gasteiger partial charge in [-0.25, -0.2) is 0 Å². The van der Waals surface area contributed by atoms with Crippen molar-refractivity contribution in [2.24, 2.45) is 5.92 Å². The highest BCUT2D eigenvalue weighted by Gasteiger charge is 2.28. The number of hydrogen-bond acceptors (Lipinski definition) is 5. The molecule has 1 saturated heterocycles. The molecule has 22 heavy (non-hydrogen) atoms. The minimum Gasteiger partial charge on any atom is -0.454 e. The Morgan fingerprint density at radius 2 is 1.95 bits per heavy atom. The highest BCUT2D eigenvalue weighted by molar-refractivity contribution is 7.99. The highest BCUT2D eigenvalue weighted by Crippen LogP contribution is 2.25. The van der Waals surface area contributed by atoms with Gasteiger partial charge in [0, 0.05) is 23.9 Å². The average Bonchev–Trinajstić information content (AvgIpc) is 3.01. The van der Waals surface area contributed by atoms with Crippen molar-refractivity contribution in [2.75, 3.05) is 16.8 Å². The minimum absolute atomic E-state index is 0.0950. The zero-order valence-corrected chi connectivity index (χ0v) is 13.4. The summed E-state index contributed by atoms with van der Waals surface area (Å²) in [5.74, 6) is 0.935. The molecule has 1 fully saturated rings. The maximum absolute atomic E-state index is 12.3. The fraction of sp³-hybridized carbons (Fsp3) is 0.438. The molecule has 0 saturated carbocycles. The van der Waals surface area contributed by atoms with Crippen molar-refractivity contribution in [1.82, 2.24) is 0 Å². The van der Waals surface area contributed by atoms with E-state index in [1.165, 1.54) is 6.92 Å². The number of esters is 1. The summed E-state index contributed by atoms with van der Waals surface area (Å²) in [6.45, 7) is 3.01. The van der Waals surface area contributed by atoms with Gasteiger partial charge in [0.2, 0.25) is 11.7 Å². The molecule has 6 heteroatoms. The van der Waals surface area contributed by atoms with Crippen LogP contribution in [0.25, 0.3) is 0 Å². The number of amides is 1. The molecular weight excluding hydrogens is 302 g/mol. The van der Waals surface area contributed by atoms with Gasteiger partial charge in [-0.3, -0.25) is 14.4 Å². The Balaban J connectivity index is 1.94. The number of nitrogens with one attached hydrogen (secondary N) is 1. The van der Waals surface area contributed by atoms with Gasteiger partial charge in [-0.15, -0.1) is 0 Å². The maximum atomic E-state index is 12.3. The van der Waals surface area contributed by atoms with Crippen LogP contribution in [0, 0.1) is 5.92 Å². The normalized spacial score (nSPS) is 18.5. The Kier molecular flexibility index (Phi) is 5.60. The van der Waals surface area contributed by atoms with Crippen LogP contribution in [0.15, 0.2) is 24.3 Å². The Labute approximate surface area is 133 Å². The smallest absolute Gasteiger partial charge is 0.310 e. The first kappa shape index (κ1) is 16.5. The summed E-state index contributed by atoms with van der Waals surface area (Å²) in [6, 6.07) is 6.53. The standard InChI is InChI=1S/C16H19NO4S/c1-10(21-16(20)13-7-8-22-9-13)15(19)12-3-5-14(6-4-12)17-11(2)18/h3-6,10,13H,7-9H2,1-2H3,(H,17,18)/t10-,13+/m0/s1. The third-order valence-corrected chi connectivity index (χ3v) is 4.58.